The molecule has 0 spiro atoms. The Labute approximate surface area is 129 Å². The molecule has 0 amide bonds. The Morgan fingerprint density at radius 3 is 1.57 bits per heavy atom. The molecule has 0 aliphatic heterocycles. The lowest BCUT2D eigenvalue weighted by Crippen LogP contribution is -2.47. The summed E-state index contributed by atoms with van der Waals surface area (Å²) in [6, 6.07) is 0. The van der Waals surface area contributed by atoms with E-state index >= 15 is 0 Å². The van der Waals surface area contributed by atoms with Crippen molar-refractivity contribution in [1.29, 1.82) is 0 Å². The van der Waals surface area contributed by atoms with Crippen LogP contribution in [0.25, 0.3) is 0 Å². The quantitative estimate of drug-likeness (QED) is 0.510. The number of nitrogens with zero attached hydrogens (tertiary/aromatic N) is 1. The summed E-state index contributed by atoms with van der Waals surface area (Å²) in [4.78, 5) is 24.5. The molecule has 0 radical (unpaired) electrons. The predicted octanol–water partition coefficient (Wildman–Crippen LogP) is 2.24. The number of esters is 2. The summed E-state index contributed by atoms with van der Waals surface area (Å²) in [5.41, 5.74) is -1.88. The molecule has 0 aliphatic carbocycles. The highest BCUT2D eigenvalue weighted by molar-refractivity contribution is 5.87. The lowest BCUT2D eigenvalue weighted by molar-refractivity contribution is -0.870. The Morgan fingerprint density at radius 1 is 0.857 bits per heavy atom. The molecule has 0 saturated carbocycles. The predicted molar refractivity (Wildman–Crippen MR) is 82.7 cm³/mol. The summed E-state index contributed by atoms with van der Waals surface area (Å²) >= 11 is 0. The Kier molecular flexibility index (Phi) is 6.87. The maximum Gasteiger partial charge on any atom is 0.312 e. The van der Waals surface area contributed by atoms with Crippen molar-refractivity contribution in [2.45, 2.75) is 41.0 Å². The standard InChI is InChI=1S/C16H32NO4/c1-9-11-20-13(18)15(2,3)16(4,5)14(19)21-12-10-17(6,7)8/h9-12H2,1-8H3/q+1. The maximum absolute atomic E-state index is 12.3. The van der Waals surface area contributed by atoms with E-state index in [4.69, 9.17) is 9.47 Å². The fraction of sp³-hybridized carbons (Fsp3) is 0.875. The Morgan fingerprint density at radius 2 is 1.24 bits per heavy atom. The zero-order valence-corrected chi connectivity index (χ0v) is 14.9. The number of rotatable bonds is 8. The van der Waals surface area contributed by atoms with Gasteiger partial charge in [0.25, 0.3) is 0 Å². The van der Waals surface area contributed by atoms with Crippen molar-refractivity contribution in [3.8, 4) is 0 Å². The molecule has 0 heterocycles. The van der Waals surface area contributed by atoms with E-state index in [0.717, 1.165) is 17.4 Å². The largest absolute Gasteiger partial charge is 0.465 e. The van der Waals surface area contributed by atoms with Gasteiger partial charge in [0.2, 0.25) is 0 Å². The van der Waals surface area contributed by atoms with E-state index in [1.54, 1.807) is 27.7 Å². The smallest absolute Gasteiger partial charge is 0.312 e. The number of hydrogen-bond donors (Lipinski definition) is 0. The minimum atomic E-state index is -0.942. The molecule has 21 heavy (non-hydrogen) atoms. The third kappa shape index (κ3) is 5.65. The summed E-state index contributed by atoms with van der Waals surface area (Å²) in [7, 11) is 6.10. The molecule has 0 N–H and O–H groups in total. The number of likely N-dealkylation sites (N-methyl/N-ethyl adjacent to an activating group) is 1. The van der Waals surface area contributed by atoms with Crippen LogP contribution in [0.3, 0.4) is 0 Å². The number of hydrogen-bond acceptors (Lipinski definition) is 4. The molecule has 5 nitrogen and oxygen atoms in total. The fourth-order valence-corrected chi connectivity index (χ4v) is 1.48. The Balaban J connectivity index is 4.76. The van der Waals surface area contributed by atoms with Crippen molar-refractivity contribution in [1.82, 2.24) is 0 Å². The van der Waals surface area contributed by atoms with E-state index in [-0.39, 0.29) is 11.9 Å². The summed E-state index contributed by atoms with van der Waals surface area (Å²) in [6.45, 7) is 10.3. The summed E-state index contributed by atoms with van der Waals surface area (Å²) < 4.78 is 11.3. The molecule has 0 aromatic rings. The number of quaternary nitrogens is 1. The first kappa shape index (κ1) is 19.9. The van der Waals surface area contributed by atoms with Crippen molar-refractivity contribution in [2.75, 3.05) is 40.9 Å². The van der Waals surface area contributed by atoms with Gasteiger partial charge in [-0.25, -0.2) is 0 Å². The highest BCUT2D eigenvalue weighted by atomic mass is 16.5. The first-order valence-corrected chi connectivity index (χ1v) is 7.51. The average Bonchev–Trinajstić information content (AvgIpc) is 2.33. The van der Waals surface area contributed by atoms with E-state index < -0.39 is 10.8 Å². The third-order valence-corrected chi connectivity index (χ3v) is 4.02. The van der Waals surface area contributed by atoms with Crippen molar-refractivity contribution in [2.24, 2.45) is 10.8 Å². The summed E-state index contributed by atoms with van der Waals surface area (Å²) in [5, 5.41) is 0. The number of ether oxygens (including phenoxy) is 2. The van der Waals surface area contributed by atoms with Crippen LogP contribution in [0, 0.1) is 10.8 Å². The second kappa shape index (κ2) is 7.25. The summed E-state index contributed by atoms with van der Waals surface area (Å²) in [6.07, 6.45) is 0.760. The summed E-state index contributed by atoms with van der Waals surface area (Å²) in [5.74, 6) is -0.729. The topological polar surface area (TPSA) is 52.6 Å². The van der Waals surface area contributed by atoms with Gasteiger partial charge < -0.3 is 14.0 Å². The van der Waals surface area contributed by atoms with Crippen LogP contribution >= 0.6 is 0 Å². The van der Waals surface area contributed by atoms with Crippen LogP contribution in [-0.4, -0.2) is 57.3 Å². The van der Waals surface area contributed by atoms with E-state index in [1.165, 1.54) is 0 Å². The second-order valence-electron chi connectivity index (χ2n) is 7.54. The Bertz CT molecular complexity index is 367. The molecule has 0 aliphatic rings. The van der Waals surface area contributed by atoms with Gasteiger partial charge in [-0.1, -0.05) is 6.92 Å². The molecular formula is C16H32NO4+. The van der Waals surface area contributed by atoms with Gasteiger partial charge in [0.1, 0.15) is 13.2 Å². The monoisotopic (exact) mass is 302 g/mol. The molecule has 5 heteroatoms. The van der Waals surface area contributed by atoms with Gasteiger partial charge in [0.05, 0.1) is 38.6 Å². The minimum absolute atomic E-state index is 0.339. The average molecular weight is 302 g/mol. The molecule has 0 bridgehead atoms. The van der Waals surface area contributed by atoms with Gasteiger partial charge in [-0.3, -0.25) is 9.59 Å². The third-order valence-electron chi connectivity index (χ3n) is 4.02. The van der Waals surface area contributed by atoms with Gasteiger partial charge in [-0.05, 0) is 34.1 Å². The van der Waals surface area contributed by atoms with Gasteiger partial charge in [0, 0.05) is 0 Å². The van der Waals surface area contributed by atoms with Crippen LogP contribution in [-0.2, 0) is 19.1 Å². The Hall–Kier alpha value is -1.10. The van der Waals surface area contributed by atoms with Crippen molar-refractivity contribution in [3.05, 3.63) is 0 Å². The molecule has 0 unspecified atom stereocenters. The number of carbonyl (C=O) groups is 2. The van der Waals surface area contributed by atoms with Gasteiger partial charge >= 0.3 is 11.9 Å². The molecule has 0 saturated heterocycles. The minimum Gasteiger partial charge on any atom is -0.465 e. The molecule has 0 fully saturated rings. The van der Waals surface area contributed by atoms with Crippen molar-refractivity contribution < 1.29 is 23.5 Å². The van der Waals surface area contributed by atoms with Crippen molar-refractivity contribution >= 4 is 11.9 Å². The van der Waals surface area contributed by atoms with Crippen LogP contribution in [0.5, 0.6) is 0 Å². The van der Waals surface area contributed by atoms with Gasteiger partial charge in [0.15, 0.2) is 0 Å². The van der Waals surface area contributed by atoms with Crippen LogP contribution in [0.4, 0.5) is 0 Å². The lowest BCUT2D eigenvalue weighted by atomic mass is 9.68. The van der Waals surface area contributed by atoms with E-state index in [1.807, 2.05) is 28.1 Å². The zero-order valence-electron chi connectivity index (χ0n) is 14.9. The molecular weight excluding hydrogens is 270 g/mol. The molecule has 0 aromatic heterocycles. The molecule has 0 rings (SSSR count). The SMILES string of the molecule is CCCOC(=O)C(C)(C)C(C)(C)C(=O)OCC[N+](C)(C)C. The normalized spacial score (nSPS) is 13.0. The molecule has 0 atom stereocenters. The van der Waals surface area contributed by atoms with Gasteiger partial charge in [-0.15, -0.1) is 0 Å². The van der Waals surface area contributed by atoms with E-state index in [2.05, 4.69) is 0 Å². The van der Waals surface area contributed by atoms with Crippen LogP contribution in [0.2, 0.25) is 0 Å². The van der Waals surface area contributed by atoms with Crippen LogP contribution < -0.4 is 0 Å². The van der Waals surface area contributed by atoms with Gasteiger partial charge in [-0.2, -0.15) is 0 Å². The fourth-order valence-electron chi connectivity index (χ4n) is 1.48. The molecule has 124 valence electrons. The zero-order chi connectivity index (χ0) is 16.9. The number of carbonyl (C=O) groups excluding carboxylic acids is 2. The maximum atomic E-state index is 12.3. The van der Waals surface area contributed by atoms with Crippen LogP contribution in [0.1, 0.15) is 41.0 Å². The van der Waals surface area contributed by atoms with E-state index in [9.17, 15) is 9.59 Å². The first-order valence-electron chi connectivity index (χ1n) is 7.51. The highest BCUT2D eigenvalue weighted by Gasteiger charge is 2.50. The first-order chi connectivity index (χ1) is 9.36. The van der Waals surface area contributed by atoms with Crippen molar-refractivity contribution in [3.63, 3.8) is 0 Å². The van der Waals surface area contributed by atoms with E-state index in [0.29, 0.717) is 13.2 Å². The highest BCUT2D eigenvalue weighted by Crippen LogP contribution is 2.40. The molecule has 0 aromatic carbocycles. The lowest BCUT2D eigenvalue weighted by Gasteiger charge is -2.37. The van der Waals surface area contributed by atoms with Crippen LogP contribution in [0.15, 0.2) is 0 Å². The second-order valence-corrected chi connectivity index (χ2v) is 7.54.